The van der Waals surface area contributed by atoms with Gasteiger partial charge in [-0.05, 0) is 54.7 Å². The number of hydrogen-bond donors (Lipinski definition) is 3. The van der Waals surface area contributed by atoms with Crippen molar-refractivity contribution in [3.05, 3.63) is 107 Å². The molecule has 0 bridgehead atoms. The molecule has 1 atom stereocenters. The van der Waals surface area contributed by atoms with E-state index in [1.54, 1.807) is 6.92 Å². The van der Waals surface area contributed by atoms with E-state index in [1.807, 2.05) is 48.7 Å². The zero-order valence-electron chi connectivity index (χ0n) is 24.1. The topological polar surface area (TPSA) is 83.2 Å². The van der Waals surface area contributed by atoms with Crippen LogP contribution in [0, 0.1) is 0 Å². The van der Waals surface area contributed by atoms with Crippen LogP contribution >= 0.6 is 0 Å². The van der Waals surface area contributed by atoms with Gasteiger partial charge in [-0.1, -0.05) is 79.9 Å². The Hall–Kier alpha value is -4.27. The Morgan fingerprint density at radius 2 is 1.58 bits per heavy atom. The number of nitrogens with one attached hydrogen (secondary N) is 3. The van der Waals surface area contributed by atoms with E-state index in [1.165, 1.54) is 17.7 Å². The molecule has 0 saturated heterocycles. The largest absolute Gasteiger partial charge is 0.445 e. The number of fused-ring (bicyclic) bond motifs is 1. The lowest BCUT2D eigenvalue weighted by Crippen LogP contribution is -2.59. The molecule has 3 aromatic carbocycles. The number of aromatic nitrogens is 1. The molecule has 6 nitrogen and oxygen atoms in total. The quantitative estimate of drug-likeness (QED) is 0.189. The molecule has 4 aromatic rings. The average Bonchev–Trinajstić information content (AvgIpc) is 3.41. The van der Waals surface area contributed by atoms with Crippen molar-refractivity contribution in [3.63, 3.8) is 0 Å². The molecular weight excluding hydrogens is 555 g/mol. The first-order valence-corrected chi connectivity index (χ1v) is 14.6. The highest BCUT2D eigenvalue weighted by atomic mass is 19.4. The fourth-order valence-electron chi connectivity index (χ4n) is 6.07. The van der Waals surface area contributed by atoms with E-state index < -0.39 is 23.4 Å². The maximum absolute atomic E-state index is 14.0. The van der Waals surface area contributed by atoms with Gasteiger partial charge in [0.15, 0.2) is 0 Å². The van der Waals surface area contributed by atoms with Crippen molar-refractivity contribution < 1.29 is 27.5 Å². The fraction of sp³-hybridized carbons (Fsp3) is 0.353. The minimum absolute atomic E-state index is 0.191. The molecule has 1 unspecified atom stereocenters. The lowest BCUT2D eigenvalue weighted by atomic mass is 9.69. The summed E-state index contributed by atoms with van der Waals surface area (Å²) in [5.74, 6) is -0.342. The number of halogens is 3. The summed E-state index contributed by atoms with van der Waals surface area (Å²) in [6.45, 7) is 1.85. The van der Waals surface area contributed by atoms with Gasteiger partial charge in [-0.15, -0.1) is 0 Å². The first-order chi connectivity index (χ1) is 20.6. The summed E-state index contributed by atoms with van der Waals surface area (Å²) in [5, 5.41) is 6.88. The van der Waals surface area contributed by atoms with Crippen molar-refractivity contribution >= 4 is 22.9 Å². The van der Waals surface area contributed by atoms with Crippen molar-refractivity contribution in [2.75, 3.05) is 6.54 Å². The molecule has 3 N–H and O–H groups in total. The number of rotatable bonds is 9. The second-order valence-electron chi connectivity index (χ2n) is 11.7. The molecule has 1 aliphatic rings. The van der Waals surface area contributed by atoms with Crippen LogP contribution in [0.25, 0.3) is 10.9 Å². The van der Waals surface area contributed by atoms with E-state index >= 15 is 0 Å². The first kappa shape index (κ1) is 30.2. The summed E-state index contributed by atoms with van der Waals surface area (Å²) < 4.78 is 44.1. The zero-order valence-corrected chi connectivity index (χ0v) is 24.1. The summed E-state index contributed by atoms with van der Waals surface area (Å²) >= 11 is 0. The van der Waals surface area contributed by atoms with Crippen LogP contribution in [0.15, 0.2) is 85.1 Å². The normalized spacial score (nSPS) is 16.3. The SMILES string of the molecule is CC(Cc1c[nH]c2ccccc12)(NC(=O)OCc1ccc(C(F)(F)F)cc1)C(=O)NCC1(c2ccccc2)CCCCC1. The Morgan fingerprint density at radius 3 is 2.28 bits per heavy atom. The predicted molar refractivity (Wildman–Crippen MR) is 159 cm³/mol. The third-order valence-corrected chi connectivity index (χ3v) is 8.53. The van der Waals surface area contributed by atoms with Crippen LogP contribution in [-0.2, 0) is 34.2 Å². The minimum Gasteiger partial charge on any atom is -0.445 e. The predicted octanol–water partition coefficient (Wildman–Crippen LogP) is 7.43. The number of alkyl carbamates (subject to hydrolysis) is 1. The van der Waals surface area contributed by atoms with E-state index in [2.05, 4.69) is 27.8 Å². The molecule has 2 amide bonds. The van der Waals surface area contributed by atoms with Crippen LogP contribution in [0.4, 0.5) is 18.0 Å². The second-order valence-corrected chi connectivity index (χ2v) is 11.7. The van der Waals surface area contributed by atoms with Crippen LogP contribution < -0.4 is 10.6 Å². The van der Waals surface area contributed by atoms with Gasteiger partial charge in [-0.25, -0.2) is 4.79 Å². The molecule has 9 heteroatoms. The van der Waals surface area contributed by atoms with Gasteiger partial charge in [-0.2, -0.15) is 13.2 Å². The van der Waals surface area contributed by atoms with E-state index in [-0.39, 0.29) is 24.3 Å². The Bertz CT molecular complexity index is 1540. The van der Waals surface area contributed by atoms with Gasteiger partial charge in [0, 0.05) is 35.5 Å². The van der Waals surface area contributed by atoms with Gasteiger partial charge in [0.1, 0.15) is 12.1 Å². The smallest absolute Gasteiger partial charge is 0.416 e. The second kappa shape index (κ2) is 12.5. The van der Waals surface area contributed by atoms with Gasteiger partial charge < -0.3 is 20.4 Å². The molecule has 1 heterocycles. The number of carbonyl (C=O) groups is 2. The molecule has 1 aliphatic carbocycles. The van der Waals surface area contributed by atoms with Gasteiger partial charge in [-0.3, -0.25) is 4.79 Å². The zero-order chi connectivity index (χ0) is 30.5. The van der Waals surface area contributed by atoms with Crippen LogP contribution in [0.2, 0.25) is 0 Å². The van der Waals surface area contributed by atoms with Crippen LogP contribution in [-0.4, -0.2) is 29.1 Å². The van der Waals surface area contributed by atoms with Crippen molar-refractivity contribution in [1.29, 1.82) is 0 Å². The minimum atomic E-state index is -4.45. The highest BCUT2D eigenvalue weighted by molar-refractivity contribution is 5.91. The summed E-state index contributed by atoms with van der Waals surface area (Å²) in [7, 11) is 0. The van der Waals surface area contributed by atoms with E-state index in [0.717, 1.165) is 60.7 Å². The van der Waals surface area contributed by atoms with Crippen molar-refractivity contribution in [3.8, 4) is 0 Å². The number of para-hydroxylation sites is 1. The van der Waals surface area contributed by atoms with Gasteiger partial charge in [0.2, 0.25) is 5.91 Å². The molecule has 0 radical (unpaired) electrons. The maximum Gasteiger partial charge on any atom is 0.416 e. The monoisotopic (exact) mass is 591 g/mol. The van der Waals surface area contributed by atoms with E-state index in [4.69, 9.17) is 4.74 Å². The average molecular weight is 592 g/mol. The van der Waals surface area contributed by atoms with Crippen LogP contribution in [0.3, 0.4) is 0 Å². The molecule has 43 heavy (non-hydrogen) atoms. The molecular formula is C34H36F3N3O3. The van der Waals surface area contributed by atoms with Crippen LogP contribution in [0.5, 0.6) is 0 Å². The number of hydrogen-bond acceptors (Lipinski definition) is 3. The lowest BCUT2D eigenvalue weighted by molar-refractivity contribution is -0.137. The molecule has 5 rings (SSSR count). The standard InChI is InChI=1S/C34H36F3N3O3/c1-32(20-25-21-38-29-13-7-6-12-28(25)29,40-31(42)43-22-24-14-16-27(17-15-24)34(35,36)37)30(41)39-23-33(18-8-3-9-19-33)26-10-4-2-5-11-26/h2,4-7,10-17,21,38H,3,8-9,18-20,22-23H2,1H3,(H,39,41)(H,40,42). The molecule has 1 saturated carbocycles. The van der Waals surface area contributed by atoms with Crippen molar-refractivity contribution in [2.45, 2.75) is 69.2 Å². The number of amides is 2. The fourth-order valence-corrected chi connectivity index (χ4v) is 6.07. The van der Waals surface area contributed by atoms with E-state index in [9.17, 15) is 22.8 Å². The number of H-pyrrole nitrogens is 1. The molecule has 0 spiro atoms. The Kier molecular flexibility index (Phi) is 8.80. The number of carbonyl (C=O) groups excluding carboxylic acids is 2. The Balaban J connectivity index is 1.34. The molecule has 226 valence electrons. The highest BCUT2D eigenvalue weighted by Crippen LogP contribution is 2.39. The highest BCUT2D eigenvalue weighted by Gasteiger charge is 2.40. The summed E-state index contributed by atoms with van der Waals surface area (Å²) in [5.41, 5.74) is 0.997. The Morgan fingerprint density at radius 1 is 0.907 bits per heavy atom. The summed E-state index contributed by atoms with van der Waals surface area (Å²) in [6, 6.07) is 22.4. The van der Waals surface area contributed by atoms with Crippen molar-refractivity contribution in [1.82, 2.24) is 15.6 Å². The van der Waals surface area contributed by atoms with Crippen LogP contribution in [0.1, 0.15) is 61.3 Å². The van der Waals surface area contributed by atoms with Gasteiger partial charge >= 0.3 is 12.3 Å². The summed E-state index contributed by atoms with van der Waals surface area (Å²) in [4.78, 5) is 30.3. The number of alkyl halides is 3. The van der Waals surface area contributed by atoms with Gasteiger partial charge in [0.25, 0.3) is 0 Å². The molecule has 1 fully saturated rings. The Labute approximate surface area is 249 Å². The third kappa shape index (κ3) is 7.04. The lowest BCUT2D eigenvalue weighted by Gasteiger charge is -2.39. The summed E-state index contributed by atoms with van der Waals surface area (Å²) in [6.07, 6.45) is 1.95. The third-order valence-electron chi connectivity index (χ3n) is 8.53. The number of aromatic amines is 1. The number of benzene rings is 3. The molecule has 1 aromatic heterocycles. The van der Waals surface area contributed by atoms with Crippen molar-refractivity contribution in [2.24, 2.45) is 0 Å². The van der Waals surface area contributed by atoms with E-state index in [0.29, 0.717) is 12.1 Å². The molecule has 0 aliphatic heterocycles. The maximum atomic E-state index is 14.0. The first-order valence-electron chi connectivity index (χ1n) is 14.6. The van der Waals surface area contributed by atoms with Gasteiger partial charge in [0.05, 0.1) is 5.56 Å². The number of ether oxygens (including phenoxy) is 1.